The third-order valence-corrected chi connectivity index (χ3v) is 5.25. The van der Waals surface area contributed by atoms with Crippen molar-refractivity contribution in [1.29, 1.82) is 0 Å². The van der Waals surface area contributed by atoms with Gasteiger partial charge in [0.05, 0.1) is 6.54 Å². The molecule has 0 bridgehead atoms. The van der Waals surface area contributed by atoms with Gasteiger partial charge in [0.2, 0.25) is 0 Å². The first-order valence-corrected chi connectivity index (χ1v) is 10.3. The zero-order valence-corrected chi connectivity index (χ0v) is 17.9. The summed E-state index contributed by atoms with van der Waals surface area (Å²) in [4.78, 5) is 25.9. The van der Waals surface area contributed by atoms with E-state index in [9.17, 15) is 14.0 Å². The van der Waals surface area contributed by atoms with Crippen molar-refractivity contribution in [2.45, 2.75) is 13.2 Å². The van der Waals surface area contributed by atoms with Crippen LogP contribution in [0.2, 0.25) is 0 Å². The van der Waals surface area contributed by atoms with Gasteiger partial charge in [-0.25, -0.2) is 9.18 Å². The summed E-state index contributed by atoms with van der Waals surface area (Å²) in [5, 5.41) is 2.59. The lowest BCUT2D eigenvalue weighted by molar-refractivity contribution is -0.123. The zero-order chi connectivity index (χ0) is 21.8. The molecule has 0 radical (unpaired) electrons. The Morgan fingerprint density at radius 3 is 2.23 bits per heavy atom. The fraction of sp³-hybridized carbons (Fsp3) is 0.0833. The van der Waals surface area contributed by atoms with Gasteiger partial charge in [0.15, 0.2) is 0 Å². The molecule has 3 amide bonds. The molecular weight excluding hydrogens is 463 g/mol. The second-order valence-corrected chi connectivity index (χ2v) is 7.91. The van der Waals surface area contributed by atoms with E-state index < -0.39 is 11.9 Å². The predicted octanol–water partition coefficient (Wildman–Crippen LogP) is 5.26. The van der Waals surface area contributed by atoms with E-state index in [0.717, 1.165) is 20.5 Å². The highest BCUT2D eigenvalue weighted by Gasteiger charge is 2.33. The molecule has 0 aliphatic carbocycles. The molecule has 1 aliphatic rings. The van der Waals surface area contributed by atoms with E-state index in [0.29, 0.717) is 17.9 Å². The van der Waals surface area contributed by atoms with E-state index in [4.69, 9.17) is 4.74 Å². The Bertz CT molecular complexity index is 1130. The van der Waals surface area contributed by atoms with Crippen LogP contribution in [0.4, 0.5) is 9.18 Å². The Labute approximate surface area is 187 Å². The Hall–Kier alpha value is -3.45. The molecule has 0 aromatic heterocycles. The minimum Gasteiger partial charge on any atom is -0.489 e. The summed E-state index contributed by atoms with van der Waals surface area (Å²) in [7, 11) is 0. The van der Waals surface area contributed by atoms with Crippen LogP contribution < -0.4 is 10.1 Å². The Kier molecular flexibility index (Phi) is 6.13. The van der Waals surface area contributed by atoms with Crippen molar-refractivity contribution in [3.05, 3.63) is 105 Å². The molecule has 156 valence electrons. The summed E-state index contributed by atoms with van der Waals surface area (Å²) in [5.41, 5.74) is 2.66. The molecular formula is C24H18BrFN2O3. The number of hydrogen-bond donors (Lipinski definition) is 1. The monoisotopic (exact) mass is 480 g/mol. The van der Waals surface area contributed by atoms with Crippen LogP contribution in [0.3, 0.4) is 0 Å². The van der Waals surface area contributed by atoms with Gasteiger partial charge in [-0.3, -0.25) is 9.69 Å². The van der Waals surface area contributed by atoms with Crippen LogP contribution in [-0.2, 0) is 17.9 Å². The maximum atomic E-state index is 13.1. The van der Waals surface area contributed by atoms with Crippen LogP contribution >= 0.6 is 15.9 Å². The Morgan fingerprint density at radius 1 is 0.903 bits per heavy atom. The van der Waals surface area contributed by atoms with E-state index in [2.05, 4.69) is 21.2 Å². The summed E-state index contributed by atoms with van der Waals surface area (Å²) in [6.07, 6.45) is 1.61. The fourth-order valence-corrected chi connectivity index (χ4v) is 3.33. The molecule has 1 fully saturated rings. The predicted molar refractivity (Wildman–Crippen MR) is 118 cm³/mol. The number of hydrogen-bond acceptors (Lipinski definition) is 3. The van der Waals surface area contributed by atoms with Gasteiger partial charge < -0.3 is 10.1 Å². The minimum absolute atomic E-state index is 0.0745. The number of carbonyl (C=O) groups is 2. The highest BCUT2D eigenvalue weighted by molar-refractivity contribution is 9.10. The van der Waals surface area contributed by atoms with Crippen LogP contribution in [0.1, 0.15) is 16.7 Å². The molecule has 1 saturated heterocycles. The van der Waals surface area contributed by atoms with Gasteiger partial charge in [0.25, 0.3) is 5.91 Å². The fourth-order valence-electron chi connectivity index (χ4n) is 3.06. The average molecular weight is 481 g/mol. The maximum absolute atomic E-state index is 13.1. The van der Waals surface area contributed by atoms with E-state index >= 15 is 0 Å². The lowest BCUT2D eigenvalue weighted by Crippen LogP contribution is -2.30. The number of rotatable bonds is 6. The first-order chi connectivity index (χ1) is 15.0. The van der Waals surface area contributed by atoms with Crippen LogP contribution in [0.25, 0.3) is 6.08 Å². The smallest absolute Gasteiger partial charge is 0.329 e. The second-order valence-electron chi connectivity index (χ2n) is 6.99. The van der Waals surface area contributed by atoms with Gasteiger partial charge in [-0.15, -0.1) is 0 Å². The van der Waals surface area contributed by atoms with E-state index in [-0.39, 0.29) is 18.1 Å². The molecule has 3 aromatic carbocycles. The number of benzene rings is 3. The molecule has 4 rings (SSSR count). The van der Waals surface area contributed by atoms with E-state index in [1.165, 1.54) is 12.1 Å². The van der Waals surface area contributed by atoms with Crippen molar-refractivity contribution in [2.75, 3.05) is 0 Å². The molecule has 0 spiro atoms. The molecule has 0 atom stereocenters. The van der Waals surface area contributed by atoms with Gasteiger partial charge in [-0.2, -0.15) is 0 Å². The number of amides is 3. The zero-order valence-electron chi connectivity index (χ0n) is 16.3. The largest absolute Gasteiger partial charge is 0.489 e. The van der Waals surface area contributed by atoms with Gasteiger partial charge in [0, 0.05) is 4.47 Å². The number of nitrogens with zero attached hydrogens (tertiary/aromatic N) is 1. The molecule has 0 unspecified atom stereocenters. The third-order valence-electron chi connectivity index (χ3n) is 4.73. The lowest BCUT2D eigenvalue weighted by atomic mass is 10.1. The number of carbonyl (C=O) groups excluding carboxylic acids is 2. The molecule has 7 heteroatoms. The van der Waals surface area contributed by atoms with Crippen LogP contribution in [0, 0.1) is 5.82 Å². The molecule has 31 heavy (non-hydrogen) atoms. The summed E-state index contributed by atoms with van der Waals surface area (Å²) < 4.78 is 19.8. The molecule has 1 N–H and O–H groups in total. The van der Waals surface area contributed by atoms with Gasteiger partial charge >= 0.3 is 6.03 Å². The van der Waals surface area contributed by atoms with E-state index in [1.54, 1.807) is 18.2 Å². The van der Waals surface area contributed by atoms with Crippen molar-refractivity contribution in [1.82, 2.24) is 10.2 Å². The lowest BCUT2D eigenvalue weighted by Gasteiger charge is -2.11. The summed E-state index contributed by atoms with van der Waals surface area (Å²) >= 11 is 3.40. The average Bonchev–Trinajstić information content (AvgIpc) is 3.03. The number of ether oxygens (including phenoxy) is 1. The number of nitrogens with one attached hydrogen (secondary N) is 1. The van der Waals surface area contributed by atoms with Crippen LogP contribution in [-0.4, -0.2) is 16.8 Å². The number of urea groups is 1. The van der Waals surface area contributed by atoms with Gasteiger partial charge in [-0.05, 0) is 59.2 Å². The summed E-state index contributed by atoms with van der Waals surface area (Å²) in [6, 6.07) is 20.3. The second kappa shape index (κ2) is 9.14. The Morgan fingerprint density at radius 2 is 1.55 bits per heavy atom. The van der Waals surface area contributed by atoms with Crippen molar-refractivity contribution in [2.24, 2.45) is 0 Å². The summed E-state index contributed by atoms with van der Waals surface area (Å²) in [6.45, 7) is 0.520. The normalized spacial score (nSPS) is 14.8. The molecule has 1 heterocycles. The molecule has 0 saturated carbocycles. The van der Waals surface area contributed by atoms with Crippen LogP contribution in [0.15, 0.2) is 83.0 Å². The van der Waals surface area contributed by atoms with Crippen molar-refractivity contribution in [3.8, 4) is 5.75 Å². The number of halogens is 2. The van der Waals surface area contributed by atoms with Crippen LogP contribution in [0.5, 0.6) is 5.75 Å². The highest BCUT2D eigenvalue weighted by atomic mass is 79.9. The first kappa shape index (κ1) is 20.8. The first-order valence-electron chi connectivity index (χ1n) is 9.54. The maximum Gasteiger partial charge on any atom is 0.329 e. The topological polar surface area (TPSA) is 58.6 Å². The standard InChI is InChI=1S/C24H18BrFN2O3/c25-19-7-1-18(2-8-19)15-31-21-11-5-16(6-12-21)13-22-23(29)28(24(30)27-22)14-17-3-9-20(26)10-4-17/h1-13H,14-15H2,(H,27,30). The van der Waals surface area contributed by atoms with Crippen molar-refractivity contribution >= 4 is 33.9 Å². The summed E-state index contributed by atoms with van der Waals surface area (Å²) in [5.74, 6) is -0.0968. The quantitative estimate of drug-likeness (QED) is 0.386. The Balaban J connectivity index is 1.39. The SMILES string of the molecule is O=C1NC(=Cc2ccc(OCc3ccc(Br)cc3)cc2)C(=O)N1Cc1ccc(F)cc1. The highest BCUT2D eigenvalue weighted by Crippen LogP contribution is 2.20. The molecule has 1 aliphatic heterocycles. The van der Waals surface area contributed by atoms with Gasteiger partial charge in [-0.1, -0.05) is 52.3 Å². The molecule has 5 nitrogen and oxygen atoms in total. The number of imide groups is 1. The minimum atomic E-state index is -0.505. The van der Waals surface area contributed by atoms with Crippen molar-refractivity contribution in [3.63, 3.8) is 0 Å². The van der Waals surface area contributed by atoms with E-state index in [1.807, 2.05) is 48.5 Å². The molecule has 3 aromatic rings. The third kappa shape index (κ3) is 5.19. The van der Waals surface area contributed by atoms with Crippen molar-refractivity contribution < 1.29 is 18.7 Å². The van der Waals surface area contributed by atoms with Gasteiger partial charge in [0.1, 0.15) is 23.9 Å².